The molecular formula is C10H18N2O2. The molecule has 0 aliphatic carbocycles. The second kappa shape index (κ2) is 5.10. The minimum absolute atomic E-state index is 0.0673. The maximum atomic E-state index is 11.4. The molecule has 1 heterocycles. The van der Waals surface area contributed by atoms with Gasteiger partial charge in [0.05, 0.1) is 6.54 Å². The first-order valence-electron chi connectivity index (χ1n) is 5.10. The molecule has 0 bridgehead atoms. The molecule has 0 saturated carbocycles. The van der Waals surface area contributed by atoms with Gasteiger partial charge in [-0.3, -0.25) is 9.59 Å². The van der Waals surface area contributed by atoms with Crippen LogP contribution in [0.5, 0.6) is 0 Å². The van der Waals surface area contributed by atoms with Crippen molar-refractivity contribution in [3.05, 3.63) is 0 Å². The molecule has 1 fully saturated rings. The van der Waals surface area contributed by atoms with Crippen LogP contribution in [-0.4, -0.2) is 42.8 Å². The summed E-state index contributed by atoms with van der Waals surface area (Å²) < 4.78 is 0. The Bertz CT molecular complexity index is 228. The maximum absolute atomic E-state index is 11.4. The van der Waals surface area contributed by atoms with Crippen molar-refractivity contribution in [2.45, 2.75) is 20.3 Å². The van der Waals surface area contributed by atoms with Gasteiger partial charge in [0.1, 0.15) is 5.78 Å². The van der Waals surface area contributed by atoms with Crippen LogP contribution in [-0.2, 0) is 9.59 Å². The number of carbonyl (C=O) groups excluding carboxylic acids is 2. The first-order chi connectivity index (χ1) is 6.61. The molecule has 1 aliphatic rings. The largest absolute Gasteiger partial charge is 0.340 e. The highest BCUT2D eigenvalue weighted by atomic mass is 16.2. The summed E-state index contributed by atoms with van der Waals surface area (Å²) in [6.45, 7) is 6.29. The van der Waals surface area contributed by atoms with Crippen LogP contribution in [0, 0.1) is 5.92 Å². The van der Waals surface area contributed by atoms with Crippen LogP contribution in [0.15, 0.2) is 0 Å². The normalized spacial score (nSPS) is 19.6. The summed E-state index contributed by atoms with van der Waals surface area (Å²) in [6.07, 6.45) is 0.779. The van der Waals surface area contributed by atoms with E-state index in [0.29, 0.717) is 13.1 Å². The Labute approximate surface area is 84.7 Å². The van der Waals surface area contributed by atoms with Gasteiger partial charge in [-0.25, -0.2) is 0 Å². The summed E-state index contributed by atoms with van der Waals surface area (Å²) in [5.74, 6) is 0.414. The van der Waals surface area contributed by atoms with Crippen molar-refractivity contribution in [1.82, 2.24) is 10.2 Å². The van der Waals surface area contributed by atoms with E-state index in [-0.39, 0.29) is 17.6 Å². The zero-order valence-electron chi connectivity index (χ0n) is 8.88. The molecule has 1 N–H and O–H groups in total. The van der Waals surface area contributed by atoms with E-state index in [2.05, 4.69) is 5.32 Å². The Hall–Kier alpha value is -0.900. The third-order valence-corrected chi connectivity index (χ3v) is 2.71. The van der Waals surface area contributed by atoms with Crippen LogP contribution in [0.25, 0.3) is 0 Å². The van der Waals surface area contributed by atoms with Gasteiger partial charge in [-0.1, -0.05) is 6.92 Å². The quantitative estimate of drug-likeness (QED) is 0.693. The average Bonchev–Trinajstić information content (AvgIpc) is 2.16. The molecule has 1 atom stereocenters. The molecule has 0 aromatic rings. The molecular weight excluding hydrogens is 180 g/mol. The number of Topliss-reactive ketones (excluding diaryl/α,β-unsaturated/α-hetero) is 1. The third kappa shape index (κ3) is 3.10. The fourth-order valence-corrected chi connectivity index (χ4v) is 1.44. The lowest BCUT2D eigenvalue weighted by Gasteiger charge is -2.28. The van der Waals surface area contributed by atoms with Gasteiger partial charge in [0, 0.05) is 25.6 Å². The van der Waals surface area contributed by atoms with Gasteiger partial charge < -0.3 is 10.2 Å². The van der Waals surface area contributed by atoms with E-state index in [9.17, 15) is 9.59 Å². The summed E-state index contributed by atoms with van der Waals surface area (Å²) in [5, 5.41) is 3.02. The maximum Gasteiger partial charge on any atom is 0.236 e. The molecule has 0 spiro atoms. The van der Waals surface area contributed by atoms with Crippen LogP contribution in [0.3, 0.4) is 0 Å². The molecule has 1 aliphatic heterocycles. The molecule has 4 heteroatoms. The van der Waals surface area contributed by atoms with Crippen molar-refractivity contribution in [2.75, 3.05) is 26.2 Å². The fraction of sp³-hybridized carbons (Fsp3) is 0.800. The average molecular weight is 198 g/mol. The van der Waals surface area contributed by atoms with E-state index >= 15 is 0 Å². The second-order valence-electron chi connectivity index (χ2n) is 3.86. The fourth-order valence-electron chi connectivity index (χ4n) is 1.44. The molecule has 1 rings (SSSR count). The van der Waals surface area contributed by atoms with E-state index < -0.39 is 0 Å². The molecule has 0 aromatic heterocycles. The lowest BCUT2D eigenvalue weighted by atomic mass is 10.0. The smallest absolute Gasteiger partial charge is 0.236 e. The molecule has 4 nitrogen and oxygen atoms in total. The standard InChI is InChI=1S/C10H18N2O2/c1-8(9(2)13)3-5-12-6-4-11-7-10(12)14/h8,11H,3-7H2,1-2H3. The Kier molecular flexibility index (Phi) is 4.07. The molecule has 1 unspecified atom stereocenters. The number of rotatable bonds is 4. The van der Waals surface area contributed by atoms with Crippen LogP contribution in [0.4, 0.5) is 0 Å². The van der Waals surface area contributed by atoms with Crippen molar-refractivity contribution in [3.63, 3.8) is 0 Å². The molecule has 1 amide bonds. The van der Waals surface area contributed by atoms with Gasteiger partial charge in [-0.15, -0.1) is 0 Å². The predicted octanol–water partition coefficient (Wildman–Crippen LogP) is 0.0334. The van der Waals surface area contributed by atoms with E-state index in [1.807, 2.05) is 11.8 Å². The summed E-state index contributed by atoms with van der Waals surface area (Å²) in [7, 11) is 0. The Morgan fingerprint density at radius 2 is 2.36 bits per heavy atom. The molecule has 14 heavy (non-hydrogen) atoms. The van der Waals surface area contributed by atoms with E-state index in [0.717, 1.165) is 19.5 Å². The van der Waals surface area contributed by atoms with Crippen molar-refractivity contribution in [1.29, 1.82) is 0 Å². The minimum Gasteiger partial charge on any atom is -0.340 e. The molecule has 0 aromatic carbocycles. The lowest BCUT2D eigenvalue weighted by Crippen LogP contribution is -2.48. The number of ketones is 1. The van der Waals surface area contributed by atoms with Gasteiger partial charge in [0.15, 0.2) is 0 Å². The Morgan fingerprint density at radius 1 is 1.64 bits per heavy atom. The molecule has 80 valence electrons. The Balaban J connectivity index is 2.29. The highest BCUT2D eigenvalue weighted by molar-refractivity contribution is 5.79. The minimum atomic E-state index is 0.0673. The first kappa shape index (κ1) is 11.2. The summed E-state index contributed by atoms with van der Waals surface area (Å²) in [4.78, 5) is 24.2. The van der Waals surface area contributed by atoms with Gasteiger partial charge >= 0.3 is 0 Å². The predicted molar refractivity (Wildman–Crippen MR) is 53.9 cm³/mol. The topological polar surface area (TPSA) is 49.4 Å². The van der Waals surface area contributed by atoms with Crippen molar-refractivity contribution >= 4 is 11.7 Å². The van der Waals surface area contributed by atoms with Gasteiger partial charge in [0.25, 0.3) is 0 Å². The van der Waals surface area contributed by atoms with Crippen LogP contribution < -0.4 is 5.32 Å². The van der Waals surface area contributed by atoms with Gasteiger partial charge in [-0.05, 0) is 13.3 Å². The van der Waals surface area contributed by atoms with Gasteiger partial charge in [0.2, 0.25) is 5.91 Å². The Morgan fingerprint density at radius 3 is 2.93 bits per heavy atom. The highest BCUT2D eigenvalue weighted by Gasteiger charge is 2.18. The number of nitrogens with one attached hydrogen (secondary N) is 1. The number of amides is 1. The number of hydrogen-bond acceptors (Lipinski definition) is 3. The molecule has 0 radical (unpaired) electrons. The van der Waals surface area contributed by atoms with Gasteiger partial charge in [-0.2, -0.15) is 0 Å². The second-order valence-corrected chi connectivity index (χ2v) is 3.86. The number of carbonyl (C=O) groups is 2. The van der Waals surface area contributed by atoms with Crippen molar-refractivity contribution in [2.24, 2.45) is 5.92 Å². The lowest BCUT2D eigenvalue weighted by molar-refractivity contribution is -0.132. The number of hydrogen-bond donors (Lipinski definition) is 1. The van der Waals surface area contributed by atoms with Crippen LogP contribution in [0.2, 0.25) is 0 Å². The zero-order chi connectivity index (χ0) is 10.6. The summed E-state index contributed by atoms with van der Waals surface area (Å²) >= 11 is 0. The van der Waals surface area contributed by atoms with Crippen molar-refractivity contribution < 1.29 is 9.59 Å². The summed E-state index contributed by atoms with van der Waals surface area (Å²) in [6, 6.07) is 0. The van der Waals surface area contributed by atoms with Crippen LogP contribution in [0.1, 0.15) is 20.3 Å². The van der Waals surface area contributed by atoms with Crippen molar-refractivity contribution in [3.8, 4) is 0 Å². The van der Waals surface area contributed by atoms with E-state index in [1.165, 1.54) is 0 Å². The van der Waals surface area contributed by atoms with E-state index in [4.69, 9.17) is 0 Å². The SMILES string of the molecule is CC(=O)C(C)CCN1CCNCC1=O. The monoisotopic (exact) mass is 198 g/mol. The van der Waals surface area contributed by atoms with Crippen LogP contribution >= 0.6 is 0 Å². The first-order valence-corrected chi connectivity index (χ1v) is 5.10. The zero-order valence-corrected chi connectivity index (χ0v) is 8.88. The number of nitrogens with zero attached hydrogens (tertiary/aromatic N) is 1. The third-order valence-electron chi connectivity index (χ3n) is 2.71. The summed E-state index contributed by atoms with van der Waals surface area (Å²) in [5.41, 5.74) is 0. The van der Waals surface area contributed by atoms with E-state index in [1.54, 1.807) is 6.92 Å². The molecule has 1 saturated heterocycles. The number of piperazine rings is 1. The highest BCUT2D eigenvalue weighted by Crippen LogP contribution is 2.05.